The fourth-order valence-electron chi connectivity index (χ4n) is 0.818. The third-order valence-electron chi connectivity index (χ3n) is 1.26. The number of hydrogen-bond acceptors (Lipinski definition) is 3. The summed E-state index contributed by atoms with van der Waals surface area (Å²) in [5, 5.41) is 0. The van der Waals surface area contributed by atoms with Gasteiger partial charge in [-0.15, -0.1) is 0 Å². The van der Waals surface area contributed by atoms with Crippen LogP contribution in [0.15, 0.2) is 16.2 Å². The van der Waals surface area contributed by atoms with Gasteiger partial charge in [0.25, 0.3) is 0 Å². The molecule has 0 bridgehead atoms. The van der Waals surface area contributed by atoms with Crippen LogP contribution in [0.25, 0.3) is 0 Å². The maximum absolute atomic E-state index is 10.6. The largest absolute Gasteiger partial charge is 0.371 e. The van der Waals surface area contributed by atoms with Gasteiger partial charge in [0, 0.05) is 0 Å². The van der Waals surface area contributed by atoms with Gasteiger partial charge in [-0.25, -0.2) is 14.8 Å². The van der Waals surface area contributed by atoms with Crippen molar-refractivity contribution in [3.05, 3.63) is 22.9 Å². The SMILES string of the molecule is Cc1cnc2c(n1)=NC(=O)N=2. The smallest absolute Gasteiger partial charge is 0.244 e. The number of fused-ring (bicyclic) bond motifs is 1. The Morgan fingerprint density at radius 3 is 2.82 bits per heavy atom. The van der Waals surface area contributed by atoms with Crippen molar-refractivity contribution in [1.82, 2.24) is 9.97 Å². The lowest BCUT2D eigenvalue weighted by Crippen LogP contribution is -2.29. The molecule has 2 heterocycles. The molecule has 0 saturated heterocycles. The molecule has 5 heteroatoms. The third-order valence-corrected chi connectivity index (χ3v) is 1.26. The molecule has 0 atom stereocenters. The summed E-state index contributed by atoms with van der Waals surface area (Å²) in [6.45, 7) is 1.78. The van der Waals surface area contributed by atoms with Crippen LogP contribution in [0.1, 0.15) is 5.69 Å². The van der Waals surface area contributed by atoms with Crippen molar-refractivity contribution in [2.45, 2.75) is 6.92 Å². The lowest BCUT2D eigenvalue weighted by Gasteiger charge is -1.83. The van der Waals surface area contributed by atoms with Crippen molar-refractivity contribution in [1.29, 1.82) is 0 Å². The first kappa shape index (κ1) is 6.09. The molecule has 0 radical (unpaired) electrons. The van der Waals surface area contributed by atoms with Crippen LogP contribution in [0.2, 0.25) is 0 Å². The Kier molecular flexibility index (Phi) is 1.06. The molecule has 0 fully saturated rings. The van der Waals surface area contributed by atoms with Crippen molar-refractivity contribution in [2.24, 2.45) is 9.98 Å². The predicted octanol–water partition coefficient (Wildman–Crippen LogP) is -0.842. The second-order valence-electron chi connectivity index (χ2n) is 2.16. The van der Waals surface area contributed by atoms with E-state index in [1.54, 1.807) is 13.1 Å². The van der Waals surface area contributed by atoms with Crippen molar-refractivity contribution in [3.8, 4) is 0 Å². The second-order valence-corrected chi connectivity index (χ2v) is 2.16. The highest BCUT2D eigenvalue weighted by atomic mass is 16.2. The highest BCUT2D eigenvalue weighted by molar-refractivity contribution is 5.76. The third kappa shape index (κ3) is 0.899. The predicted molar refractivity (Wildman–Crippen MR) is 34.5 cm³/mol. The fraction of sp³-hybridized carbons (Fsp3) is 0.167. The lowest BCUT2D eigenvalue weighted by molar-refractivity contribution is 0.256. The first-order valence-corrected chi connectivity index (χ1v) is 3.07. The maximum atomic E-state index is 10.6. The Bertz CT molecular complexity index is 436. The molecule has 5 nitrogen and oxygen atoms in total. The number of carbonyl (C=O) groups is 1. The molecule has 54 valence electrons. The lowest BCUT2D eigenvalue weighted by atomic mass is 10.5. The standard InChI is InChI=1S/C6H4N4O/c1-3-2-7-4-5(8-3)10-6(11)9-4/h2H,1H3. The van der Waals surface area contributed by atoms with Crippen LogP contribution in [-0.4, -0.2) is 16.0 Å². The Morgan fingerprint density at radius 1 is 1.27 bits per heavy atom. The number of aromatic nitrogens is 2. The normalized spacial score (nSPS) is 13.7. The molecule has 11 heavy (non-hydrogen) atoms. The van der Waals surface area contributed by atoms with E-state index in [2.05, 4.69) is 20.0 Å². The van der Waals surface area contributed by atoms with E-state index < -0.39 is 6.03 Å². The van der Waals surface area contributed by atoms with Crippen LogP contribution in [0, 0.1) is 6.92 Å². The van der Waals surface area contributed by atoms with Gasteiger partial charge < -0.3 is 0 Å². The molecule has 0 aliphatic carbocycles. The number of carbonyl (C=O) groups excluding carboxylic acids is 1. The van der Waals surface area contributed by atoms with Gasteiger partial charge in [0.1, 0.15) is 0 Å². The number of aryl methyl sites for hydroxylation is 1. The maximum Gasteiger partial charge on any atom is 0.371 e. The van der Waals surface area contributed by atoms with Gasteiger partial charge in [0.05, 0.1) is 11.9 Å². The van der Waals surface area contributed by atoms with Crippen LogP contribution in [0.4, 0.5) is 4.79 Å². The summed E-state index contributed by atoms with van der Waals surface area (Å²) >= 11 is 0. The van der Waals surface area contributed by atoms with Gasteiger partial charge in [0.2, 0.25) is 11.0 Å². The highest BCUT2D eigenvalue weighted by Gasteiger charge is 2.05. The Hall–Kier alpha value is -1.65. The zero-order valence-corrected chi connectivity index (χ0v) is 5.77. The molecular formula is C6H4N4O. The van der Waals surface area contributed by atoms with E-state index in [0.29, 0.717) is 11.0 Å². The van der Waals surface area contributed by atoms with Crippen molar-refractivity contribution in [2.75, 3.05) is 0 Å². The minimum Gasteiger partial charge on any atom is -0.244 e. The van der Waals surface area contributed by atoms with Gasteiger partial charge in [-0.2, -0.15) is 9.98 Å². The summed E-state index contributed by atoms with van der Waals surface area (Å²) in [5.41, 5.74) is 1.38. The van der Waals surface area contributed by atoms with E-state index >= 15 is 0 Å². The molecule has 1 aromatic rings. The van der Waals surface area contributed by atoms with Crippen LogP contribution < -0.4 is 11.0 Å². The molecule has 0 N–H and O–H groups in total. The summed E-state index contributed by atoms with van der Waals surface area (Å²) in [4.78, 5) is 25.5. The van der Waals surface area contributed by atoms with Gasteiger partial charge in [-0.05, 0) is 6.92 Å². The Morgan fingerprint density at radius 2 is 2.00 bits per heavy atom. The first-order chi connectivity index (χ1) is 5.25. The zero-order chi connectivity index (χ0) is 7.84. The van der Waals surface area contributed by atoms with Crippen LogP contribution in [0.5, 0.6) is 0 Å². The summed E-state index contributed by atoms with van der Waals surface area (Å²) in [6, 6.07) is -0.523. The minimum absolute atomic E-state index is 0.320. The first-order valence-electron chi connectivity index (χ1n) is 3.07. The Labute approximate surface area is 61.5 Å². The number of urea groups is 1. The highest BCUT2D eigenvalue weighted by Crippen LogP contribution is 1.83. The fourth-order valence-corrected chi connectivity index (χ4v) is 0.818. The topological polar surface area (TPSA) is 67.6 Å². The van der Waals surface area contributed by atoms with E-state index in [1.165, 1.54) is 0 Å². The molecule has 2 amide bonds. The van der Waals surface area contributed by atoms with Crippen LogP contribution in [0.3, 0.4) is 0 Å². The van der Waals surface area contributed by atoms with E-state index in [9.17, 15) is 4.79 Å². The number of amides is 2. The Balaban J connectivity index is 2.89. The van der Waals surface area contributed by atoms with Gasteiger partial charge in [-0.3, -0.25) is 0 Å². The molecule has 0 aromatic carbocycles. The summed E-state index contributed by atoms with van der Waals surface area (Å²) in [5.74, 6) is 0. The number of nitrogens with zero attached hydrogens (tertiary/aromatic N) is 4. The molecule has 1 aliphatic heterocycles. The average molecular weight is 148 g/mol. The van der Waals surface area contributed by atoms with Gasteiger partial charge >= 0.3 is 6.03 Å². The average Bonchev–Trinajstić information content (AvgIpc) is 2.27. The minimum atomic E-state index is -0.523. The summed E-state index contributed by atoms with van der Waals surface area (Å²) < 4.78 is 0. The van der Waals surface area contributed by atoms with E-state index in [4.69, 9.17) is 0 Å². The molecule has 1 aromatic heterocycles. The number of rotatable bonds is 0. The monoisotopic (exact) mass is 148 g/mol. The zero-order valence-electron chi connectivity index (χ0n) is 5.77. The molecule has 0 unspecified atom stereocenters. The van der Waals surface area contributed by atoms with Crippen molar-refractivity contribution >= 4 is 6.03 Å². The second kappa shape index (κ2) is 1.91. The molecular weight excluding hydrogens is 144 g/mol. The molecule has 1 aliphatic rings. The van der Waals surface area contributed by atoms with Crippen LogP contribution in [-0.2, 0) is 0 Å². The van der Waals surface area contributed by atoms with E-state index in [0.717, 1.165) is 5.69 Å². The van der Waals surface area contributed by atoms with E-state index in [-0.39, 0.29) is 0 Å². The van der Waals surface area contributed by atoms with Crippen molar-refractivity contribution in [3.63, 3.8) is 0 Å². The quantitative estimate of drug-likeness (QED) is 0.481. The van der Waals surface area contributed by atoms with Crippen molar-refractivity contribution < 1.29 is 4.79 Å². The molecule has 0 spiro atoms. The van der Waals surface area contributed by atoms with E-state index in [1.807, 2.05) is 0 Å². The number of hydrogen-bond donors (Lipinski definition) is 0. The summed E-state index contributed by atoms with van der Waals surface area (Å²) in [6.07, 6.45) is 1.55. The van der Waals surface area contributed by atoms with Crippen LogP contribution >= 0.6 is 0 Å². The van der Waals surface area contributed by atoms with Gasteiger partial charge in [0.15, 0.2) is 0 Å². The summed E-state index contributed by atoms with van der Waals surface area (Å²) in [7, 11) is 0. The van der Waals surface area contributed by atoms with Gasteiger partial charge in [-0.1, -0.05) is 0 Å². The molecule has 0 saturated carbocycles. The molecule has 2 rings (SSSR count).